The van der Waals surface area contributed by atoms with E-state index in [4.69, 9.17) is 23.4 Å². The highest BCUT2D eigenvalue weighted by molar-refractivity contribution is 5.93. The molecule has 0 aliphatic carbocycles. The van der Waals surface area contributed by atoms with Gasteiger partial charge in [0, 0.05) is 17.5 Å². The number of rotatable bonds is 6. The highest BCUT2D eigenvalue weighted by atomic mass is 16.5. The zero-order valence-corrected chi connectivity index (χ0v) is 16.9. The van der Waals surface area contributed by atoms with Gasteiger partial charge in [-0.2, -0.15) is 0 Å². The second-order valence-corrected chi connectivity index (χ2v) is 6.64. The number of hydrogen-bond acceptors (Lipinski definition) is 7. The third-order valence-corrected chi connectivity index (χ3v) is 4.48. The van der Waals surface area contributed by atoms with Gasteiger partial charge in [0.05, 0.1) is 26.9 Å². The maximum Gasteiger partial charge on any atom is 0.343 e. The maximum absolute atomic E-state index is 12.7. The number of methoxy groups -OCH3 is 3. The van der Waals surface area contributed by atoms with E-state index in [1.807, 2.05) is 13.8 Å². The Bertz CT molecular complexity index is 1090. The van der Waals surface area contributed by atoms with E-state index in [9.17, 15) is 9.59 Å². The van der Waals surface area contributed by atoms with Crippen LogP contribution in [-0.2, 0) is 0 Å². The topological polar surface area (TPSA) is 84.2 Å². The Balaban J connectivity index is 1.97. The van der Waals surface area contributed by atoms with Crippen LogP contribution in [0.2, 0.25) is 0 Å². The summed E-state index contributed by atoms with van der Waals surface area (Å²) in [5.41, 5.74) is 1.00. The molecule has 0 saturated heterocycles. The molecule has 0 amide bonds. The molecule has 29 heavy (non-hydrogen) atoms. The number of carbonyl (C=O) groups excluding carboxylic acids is 1. The molecule has 0 bridgehead atoms. The van der Waals surface area contributed by atoms with Crippen molar-refractivity contribution in [1.82, 2.24) is 0 Å². The third kappa shape index (κ3) is 4.03. The first-order valence-corrected chi connectivity index (χ1v) is 8.98. The maximum atomic E-state index is 12.7. The van der Waals surface area contributed by atoms with Crippen molar-refractivity contribution < 1.29 is 28.2 Å². The minimum Gasteiger partial charge on any atom is -0.493 e. The summed E-state index contributed by atoms with van der Waals surface area (Å²) in [5.74, 6) is 0.829. The van der Waals surface area contributed by atoms with Gasteiger partial charge in [-0.15, -0.1) is 0 Å². The van der Waals surface area contributed by atoms with Crippen LogP contribution in [0.5, 0.6) is 23.0 Å². The van der Waals surface area contributed by atoms with Crippen LogP contribution in [0.4, 0.5) is 0 Å². The fourth-order valence-electron chi connectivity index (χ4n) is 3.07. The van der Waals surface area contributed by atoms with Gasteiger partial charge in [-0.05, 0) is 35.7 Å². The van der Waals surface area contributed by atoms with Gasteiger partial charge in [0.15, 0.2) is 11.5 Å². The average molecular weight is 398 g/mol. The molecule has 0 fully saturated rings. The summed E-state index contributed by atoms with van der Waals surface area (Å²) in [6.07, 6.45) is 0. The van der Waals surface area contributed by atoms with Crippen molar-refractivity contribution in [2.24, 2.45) is 0 Å². The number of esters is 1. The summed E-state index contributed by atoms with van der Waals surface area (Å²) in [5, 5.41) is 0.798. The van der Waals surface area contributed by atoms with Crippen molar-refractivity contribution >= 4 is 16.9 Å². The summed E-state index contributed by atoms with van der Waals surface area (Å²) >= 11 is 0. The first-order chi connectivity index (χ1) is 13.9. The minimum absolute atomic E-state index is 0.147. The van der Waals surface area contributed by atoms with E-state index in [0.29, 0.717) is 22.8 Å². The molecule has 7 nitrogen and oxygen atoms in total. The van der Waals surface area contributed by atoms with E-state index in [1.54, 1.807) is 12.1 Å². The lowest BCUT2D eigenvalue weighted by molar-refractivity contribution is 0.0734. The molecule has 7 heteroatoms. The second-order valence-electron chi connectivity index (χ2n) is 6.64. The van der Waals surface area contributed by atoms with Crippen molar-refractivity contribution in [3.8, 4) is 23.0 Å². The first kappa shape index (κ1) is 20.3. The number of fused-ring (bicyclic) bond motifs is 1. The summed E-state index contributed by atoms with van der Waals surface area (Å²) in [7, 11) is 4.40. The molecule has 0 radical (unpaired) electrons. The normalized spacial score (nSPS) is 10.8. The van der Waals surface area contributed by atoms with E-state index in [-0.39, 0.29) is 17.2 Å². The van der Waals surface area contributed by atoms with Crippen LogP contribution in [0.15, 0.2) is 45.6 Å². The van der Waals surface area contributed by atoms with Gasteiger partial charge < -0.3 is 23.4 Å². The molecule has 0 N–H and O–H groups in total. The van der Waals surface area contributed by atoms with E-state index in [0.717, 1.165) is 10.9 Å². The van der Waals surface area contributed by atoms with Gasteiger partial charge in [0.25, 0.3) is 0 Å². The lowest BCUT2D eigenvalue weighted by atomic mass is 10.00. The van der Waals surface area contributed by atoms with Gasteiger partial charge in [0.2, 0.25) is 5.75 Å². The largest absolute Gasteiger partial charge is 0.493 e. The predicted molar refractivity (Wildman–Crippen MR) is 108 cm³/mol. The highest BCUT2D eigenvalue weighted by Crippen LogP contribution is 2.38. The number of benzene rings is 2. The molecule has 0 spiro atoms. The molecule has 3 rings (SSSR count). The monoisotopic (exact) mass is 398 g/mol. The van der Waals surface area contributed by atoms with E-state index in [2.05, 4.69) is 0 Å². The second kappa shape index (κ2) is 8.26. The van der Waals surface area contributed by atoms with Crippen molar-refractivity contribution in [3.05, 3.63) is 57.9 Å². The fraction of sp³-hybridized carbons (Fsp3) is 0.273. The summed E-state index contributed by atoms with van der Waals surface area (Å²) in [6, 6.07) is 9.44. The van der Waals surface area contributed by atoms with Crippen LogP contribution in [0.1, 0.15) is 35.7 Å². The standard InChI is InChI=1S/C22H22O7/c1-12(2)16-11-20(23)29-17-10-14(6-7-15(16)17)28-22(24)13-8-18(25-3)21(27-5)19(9-13)26-4/h6-12H,1-5H3. The van der Waals surface area contributed by atoms with Crippen LogP contribution in [0.25, 0.3) is 11.0 Å². The Kier molecular flexibility index (Phi) is 5.77. The zero-order chi connectivity index (χ0) is 21.1. The Hall–Kier alpha value is -3.48. The molecule has 0 saturated carbocycles. The van der Waals surface area contributed by atoms with E-state index >= 15 is 0 Å². The lowest BCUT2D eigenvalue weighted by Crippen LogP contribution is -2.10. The molecular weight excluding hydrogens is 376 g/mol. The van der Waals surface area contributed by atoms with Crippen molar-refractivity contribution in [2.75, 3.05) is 21.3 Å². The van der Waals surface area contributed by atoms with Crippen molar-refractivity contribution in [2.45, 2.75) is 19.8 Å². The average Bonchev–Trinajstić information content (AvgIpc) is 2.71. The Morgan fingerprint density at radius 2 is 1.59 bits per heavy atom. The van der Waals surface area contributed by atoms with Crippen LogP contribution in [-0.4, -0.2) is 27.3 Å². The molecule has 152 valence electrons. The molecule has 2 aromatic carbocycles. The van der Waals surface area contributed by atoms with E-state index < -0.39 is 11.6 Å². The molecule has 1 heterocycles. The van der Waals surface area contributed by atoms with Crippen LogP contribution in [0.3, 0.4) is 0 Å². The number of hydrogen-bond donors (Lipinski definition) is 0. The smallest absolute Gasteiger partial charge is 0.343 e. The molecule has 0 aliphatic heterocycles. The van der Waals surface area contributed by atoms with Gasteiger partial charge in [0.1, 0.15) is 11.3 Å². The first-order valence-electron chi connectivity index (χ1n) is 8.98. The SMILES string of the molecule is COc1cc(C(=O)Oc2ccc3c(C(C)C)cc(=O)oc3c2)cc(OC)c1OC. The summed E-state index contributed by atoms with van der Waals surface area (Å²) < 4.78 is 26.5. The lowest BCUT2D eigenvalue weighted by Gasteiger charge is -2.14. The van der Waals surface area contributed by atoms with Gasteiger partial charge >= 0.3 is 11.6 Å². The molecule has 1 aromatic heterocycles. The molecular formula is C22H22O7. The molecule has 0 aliphatic rings. The molecule has 0 unspecified atom stereocenters. The highest BCUT2D eigenvalue weighted by Gasteiger charge is 2.19. The van der Waals surface area contributed by atoms with Crippen molar-refractivity contribution in [3.63, 3.8) is 0 Å². The minimum atomic E-state index is -0.619. The van der Waals surface area contributed by atoms with Gasteiger partial charge in [-0.3, -0.25) is 0 Å². The Morgan fingerprint density at radius 3 is 2.14 bits per heavy atom. The number of carbonyl (C=O) groups is 1. The summed E-state index contributed by atoms with van der Waals surface area (Å²) in [4.78, 5) is 24.5. The van der Waals surface area contributed by atoms with Crippen LogP contribution in [0, 0.1) is 0 Å². The van der Waals surface area contributed by atoms with Crippen molar-refractivity contribution in [1.29, 1.82) is 0 Å². The van der Waals surface area contributed by atoms with Crippen LogP contribution < -0.4 is 24.6 Å². The van der Waals surface area contributed by atoms with Gasteiger partial charge in [-0.1, -0.05) is 13.8 Å². The van der Waals surface area contributed by atoms with E-state index in [1.165, 1.54) is 45.6 Å². The number of ether oxygens (including phenoxy) is 4. The summed E-state index contributed by atoms with van der Waals surface area (Å²) in [6.45, 7) is 3.99. The molecule has 0 atom stereocenters. The van der Waals surface area contributed by atoms with Gasteiger partial charge in [-0.25, -0.2) is 9.59 Å². The third-order valence-electron chi connectivity index (χ3n) is 4.48. The van der Waals surface area contributed by atoms with Crippen LogP contribution >= 0.6 is 0 Å². The predicted octanol–water partition coefficient (Wildman–Crippen LogP) is 4.16. The Morgan fingerprint density at radius 1 is 0.931 bits per heavy atom. The Labute approximate surface area is 167 Å². The fourth-order valence-corrected chi connectivity index (χ4v) is 3.07. The quantitative estimate of drug-likeness (QED) is 0.350. The zero-order valence-electron chi connectivity index (χ0n) is 16.9. The molecule has 3 aromatic rings.